The molecule has 2 N–H and O–H groups in total. The fourth-order valence-electron chi connectivity index (χ4n) is 4.70. The number of phosphoric ester groups is 1. The van der Waals surface area contributed by atoms with Gasteiger partial charge in [0.2, 0.25) is 5.95 Å². The van der Waals surface area contributed by atoms with Crippen molar-refractivity contribution in [1.82, 2.24) is 38.9 Å². The Labute approximate surface area is 228 Å². The SMILES string of the molecule is C[C@H]1CCCN1c1ncc(-c2cncc(N(COP(=O)(O)O)C(=O)[C@H](C)n3cnc4c3c(=O)n(C)n4C)n2)cn1. The molecule has 0 aliphatic carbocycles. The lowest BCUT2D eigenvalue weighted by atomic mass is 10.2. The molecule has 17 heteroatoms. The minimum absolute atomic E-state index is 0.0302. The third-order valence-electron chi connectivity index (χ3n) is 7.07. The number of phosphoric acid groups is 1. The average Bonchev–Trinajstić information content (AvgIpc) is 3.62. The largest absolute Gasteiger partial charge is 0.471 e. The van der Waals surface area contributed by atoms with Crippen LogP contribution in [0.15, 0.2) is 35.9 Å². The van der Waals surface area contributed by atoms with Crippen LogP contribution in [0.1, 0.15) is 32.7 Å². The van der Waals surface area contributed by atoms with E-state index < -0.39 is 26.5 Å². The lowest BCUT2D eigenvalue weighted by Crippen LogP contribution is -2.38. The molecular weight excluding hydrogens is 543 g/mol. The van der Waals surface area contributed by atoms with Gasteiger partial charge in [0.05, 0.1) is 24.4 Å². The first kappa shape index (κ1) is 27.6. The van der Waals surface area contributed by atoms with Crippen LogP contribution in [0.4, 0.5) is 11.8 Å². The maximum absolute atomic E-state index is 13.7. The van der Waals surface area contributed by atoms with Crippen LogP contribution in [0.25, 0.3) is 22.4 Å². The Hall–Kier alpha value is -3.98. The number of carbonyl (C=O) groups excluding carboxylic acids is 1. The molecule has 0 unspecified atom stereocenters. The fraction of sp³-hybridized carbons (Fsp3) is 0.435. The summed E-state index contributed by atoms with van der Waals surface area (Å²) in [4.78, 5) is 70.1. The monoisotopic (exact) mass is 572 g/mol. The zero-order valence-electron chi connectivity index (χ0n) is 22.3. The van der Waals surface area contributed by atoms with Crippen LogP contribution in [-0.4, -0.2) is 73.9 Å². The van der Waals surface area contributed by atoms with Gasteiger partial charge in [0.1, 0.15) is 12.8 Å². The Morgan fingerprint density at radius 1 is 1.18 bits per heavy atom. The lowest BCUT2D eigenvalue weighted by molar-refractivity contribution is -0.122. The van der Waals surface area contributed by atoms with E-state index in [0.717, 1.165) is 24.3 Å². The molecule has 4 aromatic heterocycles. The number of hydrogen-bond acceptors (Lipinski definition) is 10. The molecule has 1 saturated heterocycles. The summed E-state index contributed by atoms with van der Waals surface area (Å²) in [5, 5.41) is 0. The molecule has 5 heterocycles. The first-order valence-corrected chi connectivity index (χ1v) is 14.0. The van der Waals surface area contributed by atoms with Gasteiger partial charge in [-0.2, -0.15) is 0 Å². The van der Waals surface area contributed by atoms with Crippen molar-refractivity contribution >= 4 is 36.7 Å². The standard InChI is InChI=1S/C23H29N10O6P/c1-14-6-5-7-31(14)23-25-8-16(9-26-23)17-10-24-11-18(28-17)33(13-39-40(36,37)38)21(34)15(2)32-12-27-20-19(32)22(35)30(4)29(20)3/h8-12,14-15H,5-7,13H2,1-4H3,(H2,36,37,38)/t14-,15-/m0/s1. The van der Waals surface area contributed by atoms with Crippen molar-refractivity contribution in [2.45, 2.75) is 38.8 Å². The summed E-state index contributed by atoms with van der Waals surface area (Å²) in [6.45, 7) is 3.71. The van der Waals surface area contributed by atoms with Gasteiger partial charge >= 0.3 is 7.82 Å². The Kier molecular flexibility index (Phi) is 7.27. The minimum atomic E-state index is -4.95. The first-order valence-electron chi connectivity index (χ1n) is 12.5. The van der Waals surface area contributed by atoms with E-state index in [1.807, 2.05) is 0 Å². The third kappa shape index (κ3) is 5.13. The number of rotatable bonds is 8. The number of aromatic nitrogens is 8. The zero-order valence-corrected chi connectivity index (χ0v) is 23.2. The number of aryl methyl sites for hydroxylation is 1. The van der Waals surface area contributed by atoms with Gasteiger partial charge in [0.25, 0.3) is 11.5 Å². The molecule has 1 aliphatic rings. The Balaban J connectivity index is 1.47. The van der Waals surface area contributed by atoms with Crippen molar-refractivity contribution in [1.29, 1.82) is 0 Å². The number of fused-ring (bicyclic) bond motifs is 1. The minimum Gasteiger partial charge on any atom is -0.338 e. The van der Waals surface area contributed by atoms with Crippen molar-refractivity contribution in [3.63, 3.8) is 0 Å². The Morgan fingerprint density at radius 3 is 2.55 bits per heavy atom. The van der Waals surface area contributed by atoms with Crippen LogP contribution < -0.4 is 15.4 Å². The van der Waals surface area contributed by atoms with Gasteiger partial charge in [-0.3, -0.25) is 33.4 Å². The highest BCUT2D eigenvalue weighted by molar-refractivity contribution is 7.46. The summed E-state index contributed by atoms with van der Waals surface area (Å²) in [7, 11) is -1.72. The van der Waals surface area contributed by atoms with Gasteiger partial charge < -0.3 is 19.3 Å². The van der Waals surface area contributed by atoms with Crippen molar-refractivity contribution in [3.05, 3.63) is 41.5 Å². The van der Waals surface area contributed by atoms with Gasteiger partial charge in [-0.25, -0.2) is 24.5 Å². The Morgan fingerprint density at radius 2 is 1.90 bits per heavy atom. The normalized spacial score (nSPS) is 16.6. The Bertz CT molecular complexity index is 1660. The van der Waals surface area contributed by atoms with E-state index >= 15 is 0 Å². The van der Waals surface area contributed by atoms with E-state index in [2.05, 4.69) is 41.3 Å². The molecule has 1 amide bonds. The summed E-state index contributed by atoms with van der Waals surface area (Å²) in [6, 6.07) is -0.673. The van der Waals surface area contributed by atoms with Gasteiger partial charge in [0.15, 0.2) is 17.0 Å². The van der Waals surface area contributed by atoms with Crippen molar-refractivity contribution in [2.75, 3.05) is 23.1 Å². The molecule has 4 aromatic rings. The molecule has 1 aliphatic heterocycles. The average molecular weight is 573 g/mol. The fourth-order valence-corrected chi connectivity index (χ4v) is 4.96. The second kappa shape index (κ2) is 10.5. The summed E-state index contributed by atoms with van der Waals surface area (Å²) < 4.78 is 20.5. The van der Waals surface area contributed by atoms with Gasteiger partial charge in [-0.05, 0) is 26.7 Å². The highest BCUT2D eigenvalue weighted by Gasteiger charge is 2.30. The molecule has 212 valence electrons. The van der Waals surface area contributed by atoms with Crippen LogP contribution in [0.2, 0.25) is 0 Å². The maximum Gasteiger partial charge on any atom is 0.471 e. The summed E-state index contributed by atoms with van der Waals surface area (Å²) in [5.74, 6) is -0.0886. The van der Waals surface area contributed by atoms with Crippen LogP contribution >= 0.6 is 7.82 Å². The summed E-state index contributed by atoms with van der Waals surface area (Å²) in [5.41, 5.74) is 1.08. The topological polar surface area (TPSA) is 187 Å². The predicted octanol–water partition coefficient (Wildman–Crippen LogP) is 0.970. The number of imidazole rings is 1. The molecule has 0 spiro atoms. The van der Waals surface area contributed by atoms with Gasteiger partial charge in [-0.15, -0.1) is 0 Å². The van der Waals surface area contributed by atoms with E-state index in [1.165, 1.54) is 34.9 Å². The van der Waals surface area contributed by atoms with E-state index in [9.17, 15) is 23.9 Å². The smallest absolute Gasteiger partial charge is 0.338 e. The maximum atomic E-state index is 13.7. The van der Waals surface area contributed by atoms with E-state index in [-0.39, 0.29) is 16.9 Å². The van der Waals surface area contributed by atoms with Crippen LogP contribution in [0.3, 0.4) is 0 Å². The third-order valence-corrected chi connectivity index (χ3v) is 7.52. The predicted molar refractivity (Wildman–Crippen MR) is 143 cm³/mol. The number of carbonyl (C=O) groups is 1. The molecule has 0 radical (unpaired) electrons. The molecule has 2 atom stereocenters. The van der Waals surface area contributed by atoms with Gasteiger partial charge in [0, 0.05) is 44.6 Å². The van der Waals surface area contributed by atoms with Crippen LogP contribution in [-0.2, 0) is 28.0 Å². The molecular formula is C23H29N10O6P. The molecule has 5 rings (SSSR count). The number of anilines is 2. The van der Waals surface area contributed by atoms with Crippen LogP contribution in [0, 0.1) is 0 Å². The highest BCUT2D eigenvalue weighted by atomic mass is 31.2. The molecule has 0 bridgehead atoms. The lowest BCUT2D eigenvalue weighted by Gasteiger charge is -2.25. The molecule has 40 heavy (non-hydrogen) atoms. The molecule has 0 saturated carbocycles. The van der Waals surface area contributed by atoms with Crippen molar-refractivity contribution in [3.8, 4) is 11.3 Å². The van der Waals surface area contributed by atoms with Crippen molar-refractivity contribution < 1.29 is 23.7 Å². The van der Waals surface area contributed by atoms with Crippen molar-refractivity contribution in [2.24, 2.45) is 14.1 Å². The van der Waals surface area contributed by atoms with E-state index in [1.54, 1.807) is 31.2 Å². The van der Waals surface area contributed by atoms with E-state index in [0.29, 0.717) is 28.9 Å². The van der Waals surface area contributed by atoms with Gasteiger partial charge in [-0.1, -0.05) is 0 Å². The first-order chi connectivity index (χ1) is 19.0. The highest BCUT2D eigenvalue weighted by Crippen LogP contribution is 2.36. The van der Waals surface area contributed by atoms with Crippen LogP contribution in [0.5, 0.6) is 0 Å². The summed E-state index contributed by atoms with van der Waals surface area (Å²) >= 11 is 0. The number of amides is 1. The second-order valence-corrected chi connectivity index (χ2v) is 10.8. The molecule has 16 nitrogen and oxygen atoms in total. The molecule has 1 fully saturated rings. The van der Waals surface area contributed by atoms with E-state index in [4.69, 9.17) is 0 Å². The quantitative estimate of drug-likeness (QED) is 0.225. The zero-order chi connectivity index (χ0) is 28.8. The number of nitrogens with zero attached hydrogens (tertiary/aromatic N) is 10. The molecule has 0 aromatic carbocycles. The summed E-state index contributed by atoms with van der Waals surface area (Å²) in [6.07, 6.45) is 9.44. The second-order valence-electron chi connectivity index (χ2n) is 9.59. The number of hydrogen-bond donors (Lipinski definition) is 2.